The van der Waals surface area contributed by atoms with Crippen molar-refractivity contribution in [3.63, 3.8) is 0 Å². The van der Waals surface area contributed by atoms with E-state index in [0.717, 1.165) is 5.56 Å². The van der Waals surface area contributed by atoms with Gasteiger partial charge in [-0.05, 0) is 23.3 Å². The number of allylic oxidation sites excluding steroid dienone is 1. The summed E-state index contributed by atoms with van der Waals surface area (Å²) in [5.74, 6) is 0.471. The van der Waals surface area contributed by atoms with Crippen LogP contribution in [0.2, 0.25) is 0 Å². The molecule has 0 N–H and O–H groups in total. The van der Waals surface area contributed by atoms with E-state index in [1.165, 1.54) is 0 Å². The number of carbonyl (C=O) groups is 1. The summed E-state index contributed by atoms with van der Waals surface area (Å²) >= 11 is 0. The summed E-state index contributed by atoms with van der Waals surface area (Å²) in [4.78, 5) is 11.6. The molecule has 72 valence electrons. The molecule has 1 aliphatic rings. The molecule has 0 aliphatic heterocycles. The average molecular weight is 212 g/mol. The SMILES string of the molecule is COc1ccc2c(c1)C(=O)C(=C[O-])C2.[Na+]. The first-order chi connectivity index (χ1) is 6.76. The average Bonchev–Trinajstić information content (AvgIpc) is 2.55. The number of rotatable bonds is 1. The van der Waals surface area contributed by atoms with Crippen LogP contribution in [0.4, 0.5) is 0 Å². The molecular weight excluding hydrogens is 203 g/mol. The van der Waals surface area contributed by atoms with E-state index in [1.807, 2.05) is 6.07 Å². The molecule has 1 aromatic rings. The molecule has 2 rings (SSSR count). The first-order valence-electron chi connectivity index (χ1n) is 4.29. The topological polar surface area (TPSA) is 49.4 Å². The van der Waals surface area contributed by atoms with Gasteiger partial charge in [0.05, 0.1) is 7.11 Å². The molecule has 0 saturated carbocycles. The minimum atomic E-state index is -0.172. The molecule has 0 fully saturated rings. The van der Waals surface area contributed by atoms with E-state index in [-0.39, 0.29) is 35.3 Å². The first-order valence-corrected chi connectivity index (χ1v) is 4.29. The van der Waals surface area contributed by atoms with Crippen LogP contribution < -0.4 is 39.4 Å². The molecule has 0 unspecified atom stereocenters. The van der Waals surface area contributed by atoms with E-state index in [1.54, 1.807) is 19.2 Å². The Morgan fingerprint density at radius 1 is 1.47 bits per heavy atom. The fourth-order valence-corrected chi connectivity index (χ4v) is 1.60. The Morgan fingerprint density at radius 2 is 2.20 bits per heavy atom. The van der Waals surface area contributed by atoms with E-state index in [2.05, 4.69) is 0 Å². The smallest absolute Gasteiger partial charge is 0.878 e. The van der Waals surface area contributed by atoms with Gasteiger partial charge in [-0.15, -0.1) is 6.26 Å². The Balaban J connectivity index is 0.00000112. The molecular formula is C11H9NaO3. The van der Waals surface area contributed by atoms with Crippen LogP contribution in [0, 0.1) is 0 Å². The molecule has 0 aromatic heterocycles. The van der Waals surface area contributed by atoms with E-state index in [0.29, 0.717) is 29.6 Å². The molecule has 0 heterocycles. The maximum absolute atomic E-state index is 11.6. The van der Waals surface area contributed by atoms with Crippen molar-refractivity contribution < 1.29 is 44.2 Å². The number of fused-ring (bicyclic) bond motifs is 1. The summed E-state index contributed by atoms with van der Waals surface area (Å²) < 4.78 is 5.01. The summed E-state index contributed by atoms with van der Waals surface area (Å²) in [6.45, 7) is 0. The van der Waals surface area contributed by atoms with Crippen LogP contribution in [0.5, 0.6) is 5.75 Å². The Bertz CT molecular complexity index is 424. The summed E-state index contributed by atoms with van der Waals surface area (Å²) in [5.41, 5.74) is 1.82. The second kappa shape index (κ2) is 4.84. The van der Waals surface area contributed by atoms with Crippen molar-refractivity contribution in [2.24, 2.45) is 0 Å². The molecule has 0 radical (unpaired) electrons. The number of carbonyl (C=O) groups excluding carboxylic acids is 1. The van der Waals surface area contributed by atoms with E-state index >= 15 is 0 Å². The third-order valence-corrected chi connectivity index (χ3v) is 2.38. The van der Waals surface area contributed by atoms with Crippen molar-refractivity contribution >= 4 is 5.78 Å². The third kappa shape index (κ3) is 2.09. The van der Waals surface area contributed by atoms with Gasteiger partial charge in [-0.2, -0.15) is 0 Å². The summed E-state index contributed by atoms with van der Waals surface area (Å²) in [7, 11) is 1.55. The van der Waals surface area contributed by atoms with Crippen molar-refractivity contribution in [2.75, 3.05) is 7.11 Å². The van der Waals surface area contributed by atoms with Crippen LogP contribution in [-0.2, 0) is 6.42 Å². The fraction of sp³-hybridized carbons (Fsp3) is 0.182. The van der Waals surface area contributed by atoms with E-state index < -0.39 is 0 Å². The predicted molar refractivity (Wildman–Crippen MR) is 49.1 cm³/mol. The van der Waals surface area contributed by atoms with Gasteiger partial charge >= 0.3 is 29.6 Å². The Labute approximate surface area is 110 Å². The number of hydrogen-bond acceptors (Lipinski definition) is 3. The summed E-state index contributed by atoms with van der Waals surface area (Å²) in [5, 5.41) is 10.6. The summed E-state index contributed by atoms with van der Waals surface area (Å²) in [6, 6.07) is 5.29. The molecule has 15 heavy (non-hydrogen) atoms. The minimum Gasteiger partial charge on any atom is -0.878 e. The van der Waals surface area contributed by atoms with E-state index in [9.17, 15) is 9.90 Å². The number of ether oxygens (including phenoxy) is 1. The molecule has 0 spiro atoms. The van der Waals surface area contributed by atoms with Gasteiger partial charge in [-0.25, -0.2) is 0 Å². The predicted octanol–water partition coefficient (Wildman–Crippen LogP) is -2.32. The third-order valence-electron chi connectivity index (χ3n) is 2.38. The van der Waals surface area contributed by atoms with Crippen molar-refractivity contribution in [1.82, 2.24) is 0 Å². The van der Waals surface area contributed by atoms with Crippen molar-refractivity contribution in [3.8, 4) is 5.75 Å². The van der Waals surface area contributed by atoms with Crippen LogP contribution in [0.25, 0.3) is 0 Å². The number of hydrogen-bond donors (Lipinski definition) is 0. The largest absolute Gasteiger partial charge is 1.00 e. The zero-order valence-corrected chi connectivity index (χ0v) is 10.7. The van der Waals surface area contributed by atoms with Crippen LogP contribution >= 0.6 is 0 Å². The molecule has 0 amide bonds. The first kappa shape index (κ1) is 12.3. The standard InChI is InChI=1S/C11H10O3.Na/c1-14-9-3-2-7-4-8(6-12)11(13)10(7)5-9;/h2-3,5-6,12H,4H2,1H3;/q;+1/p-1. The van der Waals surface area contributed by atoms with Crippen molar-refractivity contribution in [3.05, 3.63) is 41.2 Å². The fourth-order valence-electron chi connectivity index (χ4n) is 1.60. The second-order valence-electron chi connectivity index (χ2n) is 3.17. The normalized spacial score (nSPS) is 16.1. The molecule has 0 saturated heterocycles. The molecule has 1 aromatic carbocycles. The molecule has 0 bridgehead atoms. The minimum absolute atomic E-state index is 0. The maximum Gasteiger partial charge on any atom is 1.00 e. The monoisotopic (exact) mass is 212 g/mol. The summed E-state index contributed by atoms with van der Waals surface area (Å²) in [6.07, 6.45) is 1.08. The molecule has 0 atom stereocenters. The number of ketones is 1. The zero-order valence-electron chi connectivity index (χ0n) is 8.74. The van der Waals surface area contributed by atoms with Gasteiger partial charge in [0, 0.05) is 12.0 Å². The van der Waals surface area contributed by atoms with Gasteiger partial charge in [0.15, 0.2) is 5.78 Å². The van der Waals surface area contributed by atoms with Gasteiger partial charge in [-0.1, -0.05) is 6.07 Å². The van der Waals surface area contributed by atoms with Gasteiger partial charge < -0.3 is 9.84 Å². The molecule has 1 aliphatic carbocycles. The number of benzene rings is 1. The number of methoxy groups -OCH3 is 1. The van der Waals surface area contributed by atoms with Crippen LogP contribution in [0.15, 0.2) is 30.0 Å². The van der Waals surface area contributed by atoms with Crippen molar-refractivity contribution in [2.45, 2.75) is 6.42 Å². The van der Waals surface area contributed by atoms with Gasteiger partial charge in [0.1, 0.15) is 5.75 Å². The Hall–Kier alpha value is -0.770. The second-order valence-corrected chi connectivity index (χ2v) is 3.17. The number of Topliss-reactive ketones (excluding diaryl/α,β-unsaturated/α-hetero) is 1. The van der Waals surface area contributed by atoms with Gasteiger partial charge in [0.25, 0.3) is 0 Å². The van der Waals surface area contributed by atoms with Crippen LogP contribution in [-0.4, -0.2) is 12.9 Å². The Morgan fingerprint density at radius 3 is 2.80 bits per heavy atom. The molecule has 3 nitrogen and oxygen atoms in total. The van der Waals surface area contributed by atoms with Crippen LogP contribution in [0.1, 0.15) is 15.9 Å². The van der Waals surface area contributed by atoms with Crippen LogP contribution in [0.3, 0.4) is 0 Å². The van der Waals surface area contributed by atoms with E-state index in [4.69, 9.17) is 4.74 Å². The molecule has 4 heteroatoms. The Kier molecular flexibility index (Phi) is 3.97. The van der Waals surface area contributed by atoms with Crippen molar-refractivity contribution in [1.29, 1.82) is 0 Å². The van der Waals surface area contributed by atoms with Gasteiger partial charge in [-0.3, -0.25) is 4.79 Å². The zero-order chi connectivity index (χ0) is 10.1. The quantitative estimate of drug-likeness (QED) is 0.298. The maximum atomic E-state index is 11.6. The van der Waals surface area contributed by atoms with Gasteiger partial charge in [0.2, 0.25) is 0 Å².